The third-order valence-electron chi connectivity index (χ3n) is 4.23. The second-order valence-electron chi connectivity index (χ2n) is 5.94. The molecular formula is C18H20N2O3S. The van der Waals surface area contributed by atoms with Gasteiger partial charge in [0.2, 0.25) is 15.9 Å². The van der Waals surface area contributed by atoms with Crippen molar-refractivity contribution < 1.29 is 13.2 Å². The number of nitrogens with one attached hydrogen (secondary N) is 2. The summed E-state index contributed by atoms with van der Waals surface area (Å²) in [6.45, 7) is 2.36. The Morgan fingerprint density at radius 3 is 2.71 bits per heavy atom. The molecule has 0 saturated heterocycles. The standard InChI is InChI=1S/C18H20N2O3S/c1-13-4-2-3-5-14(13)10-11-19-24(22,23)16-7-8-17-15(12-16)6-9-18(21)20-17/h2-5,7-8,12,19H,6,9-11H2,1H3,(H,20,21). The largest absolute Gasteiger partial charge is 0.326 e. The first-order valence-electron chi connectivity index (χ1n) is 7.93. The molecule has 0 saturated carbocycles. The molecule has 0 bridgehead atoms. The molecule has 6 heteroatoms. The number of fused-ring (bicyclic) bond motifs is 1. The van der Waals surface area contributed by atoms with Crippen LogP contribution >= 0.6 is 0 Å². The molecule has 2 N–H and O–H groups in total. The van der Waals surface area contributed by atoms with Crippen LogP contribution in [-0.2, 0) is 27.7 Å². The summed E-state index contributed by atoms with van der Waals surface area (Å²) in [5.74, 6) is -0.0329. The summed E-state index contributed by atoms with van der Waals surface area (Å²) in [6, 6.07) is 12.8. The predicted octanol–water partition coefficient (Wildman–Crippen LogP) is 2.40. The molecule has 2 aromatic rings. The zero-order chi connectivity index (χ0) is 17.2. The number of aryl methyl sites for hydroxylation is 2. The molecule has 0 aromatic heterocycles. The van der Waals surface area contributed by atoms with Crippen LogP contribution in [0, 0.1) is 6.92 Å². The first kappa shape index (κ1) is 16.7. The number of hydrogen-bond donors (Lipinski definition) is 2. The normalized spacial score (nSPS) is 14.1. The van der Waals surface area contributed by atoms with Gasteiger partial charge in [-0.1, -0.05) is 24.3 Å². The molecule has 0 spiro atoms. The number of benzene rings is 2. The third kappa shape index (κ3) is 3.66. The Labute approximate surface area is 142 Å². The summed E-state index contributed by atoms with van der Waals surface area (Å²) >= 11 is 0. The Bertz CT molecular complexity index is 876. The summed E-state index contributed by atoms with van der Waals surface area (Å²) in [5, 5.41) is 2.76. The molecule has 24 heavy (non-hydrogen) atoms. The van der Waals surface area contributed by atoms with Gasteiger partial charge in [0, 0.05) is 18.7 Å². The maximum absolute atomic E-state index is 12.5. The van der Waals surface area contributed by atoms with E-state index in [2.05, 4.69) is 10.0 Å². The highest BCUT2D eigenvalue weighted by molar-refractivity contribution is 7.89. The molecule has 126 valence electrons. The zero-order valence-corrected chi connectivity index (χ0v) is 14.3. The fourth-order valence-corrected chi connectivity index (χ4v) is 3.90. The van der Waals surface area contributed by atoms with Gasteiger partial charge < -0.3 is 5.32 Å². The third-order valence-corrected chi connectivity index (χ3v) is 5.69. The smallest absolute Gasteiger partial charge is 0.240 e. The number of carbonyl (C=O) groups excluding carboxylic acids is 1. The number of anilines is 1. The van der Waals surface area contributed by atoms with Crippen LogP contribution in [0.5, 0.6) is 0 Å². The maximum atomic E-state index is 12.5. The van der Waals surface area contributed by atoms with Gasteiger partial charge in [0.15, 0.2) is 0 Å². The maximum Gasteiger partial charge on any atom is 0.240 e. The number of sulfonamides is 1. The molecule has 2 aromatic carbocycles. The Kier molecular flexibility index (Phi) is 4.69. The van der Waals surface area contributed by atoms with Gasteiger partial charge in [0.25, 0.3) is 0 Å². The molecule has 0 fully saturated rings. The van der Waals surface area contributed by atoms with Crippen molar-refractivity contribution in [3.8, 4) is 0 Å². The molecule has 1 amide bonds. The average molecular weight is 344 g/mol. The van der Waals surface area contributed by atoms with Crippen molar-refractivity contribution in [2.24, 2.45) is 0 Å². The fraction of sp³-hybridized carbons (Fsp3) is 0.278. The number of hydrogen-bond acceptors (Lipinski definition) is 3. The average Bonchev–Trinajstić information content (AvgIpc) is 2.56. The van der Waals surface area contributed by atoms with Crippen molar-refractivity contribution in [2.45, 2.75) is 31.1 Å². The first-order chi connectivity index (χ1) is 11.5. The minimum Gasteiger partial charge on any atom is -0.326 e. The van der Waals surface area contributed by atoms with Crippen molar-refractivity contribution in [3.05, 3.63) is 59.2 Å². The molecule has 1 heterocycles. The number of amides is 1. The topological polar surface area (TPSA) is 75.3 Å². The van der Waals surface area contributed by atoms with Crippen LogP contribution in [0.15, 0.2) is 47.4 Å². The monoisotopic (exact) mass is 344 g/mol. The van der Waals surface area contributed by atoms with E-state index in [1.807, 2.05) is 31.2 Å². The Balaban J connectivity index is 1.69. The van der Waals surface area contributed by atoms with Crippen LogP contribution in [0.25, 0.3) is 0 Å². The van der Waals surface area contributed by atoms with Crippen LogP contribution in [0.2, 0.25) is 0 Å². The summed E-state index contributed by atoms with van der Waals surface area (Å²) in [7, 11) is -3.55. The van der Waals surface area contributed by atoms with Crippen molar-refractivity contribution in [1.29, 1.82) is 0 Å². The first-order valence-corrected chi connectivity index (χ1v) is 9.41. The SMILES string of the molecule is Cc1ccccc1CCNS(=O)(=O)c1ccc2c(c1)CCC(=O)N2. The molecule has 0 atom stereocenters. The van der Waals surface area contributed by atoms with Gasteiger partial charge in [0.1, 0.15) is 0 Å². The second kappa shape index (κ2) is 6.75. The lowest BCUT2D eigenvalue weighted by molar-refractivity contribution is -0.116. The molecule has 0 unspecified atom stereocenters. The molecule has 5 nitrogen and oxygen atoms in total. The van der Waals surface area contributed by atoms with Gasteiger partial charge in [0.05, 0.1) is 4.90 Å². The molecule has 3 rings (SSSR count). The Morgan fingerprint density at radius 2 is 1.92 bits per heavy atom. The zero-order valence-electron chi connectivity index (χ0n) is 13.5. The number of carbonyl (C=O) groups is 1. The lowest BCUT2D eigenvalue weighted by atomic mass is 10.0. The van der Waals surface area contributed by atoms with Crippen LogP contribution in [0.3, 0.4) is 0 Å². The fourth-order valence-electron chi connectivity index (χ4n) is 2.82. The quantitative estimate of drug-likeness (QED) is 0.874. The lowest BCUT2D eigenvalue weighted by Crippen LogP contribution is -2.27. The summed E-state index contributed by atoms with van der Waals surface area (Å²) < 4.78 is 27.6. The Hall–Kier alpha value is -2.18. The second-order valence-corrected chi connectivity index (χ2v) is 7.71. The lowest BCUT2D eigenvalue weighted by Gasteiger charge is -2.17. The highest BCUT2D eigenvalue weighted by Gasteiger charge is 2.19. The van der Waals surface area contributed by atoms with Crippen LogP contribution < -0.4 is 10.0 Å². The van der Waals surface area contributed by atoms with Gasteiger partial charge in [-0.3, -0.25) is 4.79 Å². The van der Waals surface area contributed by atoms with E-state index < -0.39 is 10.0 Å². The van der Waals surface area contributed by atoms with E-state index in [1.54, 1.807) is 12.1 Å². The van der Waals surface area contributed by atoms with Crippen molar-refractivity contribution in [3.63, 3.8) is 0 Å². The molecule has 0 aliphatic carbocycles. The van der Waals surface area contributed by atoms with Crippen molar-refractivity contribution in [1.82, 2.24) is 4.72 Å². The van der Waals surface area contributed by atoms with E-state index >= 15 is 0 Å². The molecule has 1 aliphatic rings. The van der Waals surface area contributed by atoms with E-state index in [-0.39, 0.29) is 10.8 Å². The predicted molar refractivity (Wildman–Crippen MR) is 93.5 cm³/mol. The molecule has 1 aliphatic heterocycles. The van der Waals surface area contributed by atoms with Crippen LogP contribution in [0.1, 0.15) is 23.1 Å². The van der Waals surface area contributed by atoms with E-state index in [9.17, 15) is 13.2 Å². The summed E-state index contributed by atoms with van der Waals surface area (Å²) in [5.41, 5.74) is 3.84. The van der Waals surface area contributed by atoms with Crippen LogP contribution in [0.4, 0.5) is 5.69 Å². The van der Waals surface area contributed by atoms with Crippen LogP contribution in [-0.4, -0.2) is 20.9 Å². The van der Waals surface area contributed by atoms with E-state index in [0.29, 0.717) is 31.5 Å². The van der Waals surface area contributed by atoms with E-state index in [1.165, 1.54) is 6.07 Å². The van der Waals surface area contributed by atoms with E-state index in [0.717, 1.165) is 16.7 Å². The van der Waals surface area contributed by atoms with Gasteiger partial charge in [-0.05, 0) is 54.7 Å². The van der Waals surface area contributed by atoms with E-state index in [4.69, 9.17) is 0 Å². The van der Waals surface area contributed by atoms with Gasteiger partial charge in [-0.15, -0.1) is 0 Å². The summed E-state index contributed by atoms with van der Waals surface area (Å²) in [6.07, 6.45) is 1.60. The Morgan fingerprint density at radius 1 is 1.12 bits per heavy atom. The minimum atomic E-state index is -3.55. The highest BCUT2D eigenvalue weighted by Crippen LogP contribution is 2.25. The molecular weight excluding hydrogens is 324 g/mol. The van der Waals surface area contributed by atoms with Crippen molar-refractivity contribution >= 4 is 21.6 Å². The number of rotatable bonds is 5. The van der Waals surface area contributed by atoms with Gasteiger partial charge in [-0.25, -0.2) is 13.1 Å². The molecule has 0 radical (unpaired) electrons. The van der Waals surface area contributed by atoms with Crippen molar-refractivity contribution in [2.75, 3.05) is 11.9 Å². The summed E-state index contributed by atoms with van der Waals surface area (Å²) in [4.78, 5) is 11.6. The highest BCUT2D eigenvalue weighted by atomic mass is 32.2. The van der Waals surface area contributed by atoms with Gasteiger partial charge in [-0.2, -0.15) is 0 Å². The minimum absolute atomic E-state index is 0.0329. The van der Waals surface area contributed by atoms with Gasteiger partial charge >= 0.3 is 0 Å².